The van der Waals surface area contributed by atoms with Crippen molar-refractivity contribution in [2.75, 3.05) is 20.4 Å². The van der Waals surface area contributed by atoms with Gasteiger partial charge >= 0.3 is 17.1 Å². The van der Waals surface area contributed by atoms with Gasteiger partial charge < -0.3 is 57.6 Å². The van der Waals surface area contributed by atoms with Gasteiger partial charge in [0.2, 0.25) is 0 Å². The Morgan fingerprint density at radius 1 is 0.571 bits per heavy atom. The smallest absolute Gasteiger partial charge is 1.00 e. The zero-order valence-electron chi connectivity index (χ0n) is 26.7. The van der Waals surface area contributed by atoms with Crippen LogP contribution < -0.4 is 48.3 Å². The van der Waals surface area contributed by atoms with E-state index in [0.717, 1.165) is 11.1 Å². The van der Waals surface area contributed by atoms with Crippen molar-refractivity contribution in [1.29, 1.82) is 0 Å². The van der Waals surface area contributed by atoms with Crippen LogP contribution in [-0.2, 0) is 42.3 Å². The van der Waals surface area contributed by atoms with E-state index in [1.54, 1.807) is 14.2 Å². The van der Waals surface area contributed by atoms with Gasteiger partial charge in [0.1, 0.15) is 46.6 Å². The molecule has 0 aromatic heterocycles. The first-order valence-corrected chi connectivity index (χ1v) is 17.7. The molecular formula is C37H34BrCuN6OPS2. The molecule has 0 saturated heterocycles. The molecule has 2 N–H and O–H groups in total. The van der Waals surface area contributed by atoms with Crippen LogP contribution in [0.5, 0.6) is 5.75 Å². The van der Waals surface area contributed by atoms with E-state index >= 15 is 0 Å². The van der Waals surface area contributed by atoms with Gasteiger partial charge in [0.15, 0.2) is 0 Å². The minimum Gasteiger partial charge on any atom is -1.00 e. The molecule has 0 bridgehead atoms. The summed E-state index contributed by atoms with van der Waals surface area (Å²) in [6, 6.07) is 49.0. The fraction of sp³-hybridized carbons (Fsp3) is 0.0811. The summed E-state index contributed by atoms with van der Waals surface area (Å²) in [6.07, 6.45) is 0.550. The summed E-state index contributed by atoms with van der Waals surface area (Å²) < 4.78 is 5.37. The van der Waals surface area contributed by atoms with Gasteiger partial charge in [-0.25, -0.2) is 0 Å². The molecule has 0 aliphatic heterocycles. The van der Waals surface area contributed by atoms with Crippen molar-refractivity contribution in [2.24, 2.45) is 20.4 Å². The second-order valence-corrected chi connectivity index (χ2v) is 14.5. The Hall–Kier alpha value is -3.95. The predicted octanol–water partition coefficient (Wildman–Crippen LogP) is 2.37. The second-order valence-electron chi connectivity index (χ2n) is 10.2. The molecule has 0 saturated carbocycles. The number of nitrogens with zero attached hydrogens (tertiary/aromatic N) is 4. The van der Waals surface area contributed by atoms with Gasteiger partial charge in [0, 0.05) is 23.3 Å². The number of hydrogen-bond acceptors (Lipinski definition) is 7. The third-order valence-corrected chi connectivity index (χ3v) is 12.1. The topological polar surface area (TPSA) is 82.7 Å². The molecule has 1 radical (unpaired) electrons. The van der Waals surface area contributed by atoms with E-state index in [4.69, 9.17) is 35.1 Å². The third-order valence-electron chi connectivity index (χ3n) is 7.39. The number of halogens is 1. The molecule has 0 aliphatic rings. The summed E-state index contributed by atoms with van der Waals surface area (Å²) in [4.78, 5) is 0. The number of hydrogen-bond donors (Lipinski definition) is 2. The quantitative estimate of drug-likeness (QED) is 0.0535. The first kappa shape index (κ1) is 39.5. The molecule has 49 heavy (non-hydrogen) atoms. The standard InChI is InChI=1S/C37H35N6OPS2.BrH.Cu/c1-38-36(46)42-40-35(29-23-25-30(44-2)26-24-29)34(28-15-7-3-8-16-28)41-43-37(47)39-27-45(31-17-9-4-10-18-31,32-19-11-5-12-20-32)33-21-13-6-14-22-33;;/h3-26H,27H2,1-2H3,(H3-,38,39,40,41,42,43,46,47);1H;/q;;+2/p-2. The van der Waals surface area contributed by atoms with Crippen LogP contribution in [0.3, 0.4) is 0 Å². The van der Waals surface area contributed by atoms with E-state index in [1.807, 2.05) is 72.8 Å². The molecule has 5 aromatic rings. The first-order chi connectivity index (χ1) is 23.0. The van der Waals surface area contributed by atoms with Crippen molar-refractivity contribution < 1.29 is 38.8 Å². The average Bonchev–Trinajstić information content (AvgIpc) is 3.15. The summed E-state index contributed by atoms with van der Waals surface area (Å²) >= 11 is 11.1. The van der Waals surface area contributed by atoms with E-state index in [1.165, 1.54) is 15.9 Å². The third kappa shape index (κ3) is 10.0. The van der Waals surface area contributed by atoms with Crippen molar-refractivity contribution in [1.82, 2.24) is 10.6 Å². The van der Waals surface area contributed by atoms with Crippen molar-refractivity contribution in [2.45, 2.75) is 0 Å². The normalized spacial score (nSPS) is 12.3. The minimum atomic E-state index is -2.19. The molecule has 7 nitrogen and oxygen atoms in total. The number of benzene rings is 5. The molecule has 0 atom stereocenters. The zero-order valence-corrected chi connectivity index (χ0v) is 31.8. The van der Waals surface area contributed by atoms with Crippen molar-refractivity contribution >= 4 is 70.2 Å². The van der Waals surface area contributed by atoms with Crippen LogP contribution >= 0.6 is 7.26 Å². The van der Waals surface area contributed by atoms with Crippen molar-refractivity contribution in [3.63, 3.8) is 0 Å². The zero-order chi connectivity index (χ0) is 32.9. The number of methoxy groups -OCH3 is 1. The molecule has 12 heteroatoms. The summed E-state index contributed by atoms with van der Waals surface area (Å²) in [7, 11) is 1.13. The van der Waals surface area contributed by atoms with Crippen LogP contribution in [0.2, 0.25) is 0 Å². The first-order valence-electron chi connectivity index (χ1n) is 14.9. The van der Waals surface area contributed by atoms with E-state index in [-0.39, 0.29) is 44.4 Å². The Kier molecular flexibility index (Phi) is 16.0. The van der Waals surface area contributed by atoms with Gasteiger partial charge in [-0.05, 0) is 65.8 Å². The number of rotatable bonds is 11. The van der Waals surface area contributed by atoms with Crippen LogP contribution in [0.1, 0.15) is 11.1 Å². The van der Waals surface area contributed by atoms with Gasteiger partial charge in [0.05, 0.1) is 7.11 Å². The molecule has 5 rings (SSSR count). The number of nitrogens with one attached hydrogen (secondary N) is 2. The summed E-state index contributed by atoms with van der Waals surface area (Å²) in [5.41, 5.74) is 2.51. The minimum absolute atomic E-state index is 0. The average molecular weight is 817 g/mol. The van der Waals surface area contributed by atoms with Crippen LogP contribution in [-0.4, -0.2) is 42.2 Å². The Morgan fingerprint density at radius 3 is 1.37 bits per heavy atom. The van der Waals surface area contributed by atoms with Crippen molar-refractivity contribution in [3.05, 3.63) is 157 Å². The Balaban J connectivity index is 0.00000325. The van der Waals surface area contributed by atoms with E-state index in [0.29, 0.717) is 23.5 Å². The maximum atomic E-state index is 5.82. The monoisotopic (exact) mass is 815 g/mol. The fourth-order valence-electron chi connectivity index (χ4n) is 5.06. The molecule has 0 aliphatic carbocycles. The number of ether oxygens (including phenoxy) is 1. The van der Waals surface area contributed by atoms with Crippen LogP contribution in [0.25, 0.3) is 0 Å². The molecular weight excluding hydrogens is 783 g/mol. The summed E-state index contributed by atoms with van der Waals surface area (Å²) in [6.45, 7) is 0. The van der Waals surface area contributed by atoms with Gasteiger partial charge in [-0.1, -0.05) is 84.9 Å². The van der Waals surface area contributed by atoms with Crippen LogP contribution in [0.4, 0.5) is 0 Å². The maximum absolute atomic E-state index is 5.82. The van der Waals surface area contributed by atoms with Crippen LogP contribution in [0.15, 0.2) is 166 Å². The Labute approximate surface area is 320 Å². The largest absolute Gasteiger partial charge is 2.00 e. The molecule has 0 fully saturated rings. The molecule has 0 spiro atoms. The molecule has 5 aromatic carbocycles. The van der Waals surface area contributed by atoms with Gasteiger partial charge in [-0.3, -0.25) is 0 Å². The fourth-order valence-corrected chi connectivity index (χ4v) is 9.19. The second kappa shape index (κ2) is 19.9. The van der Waals surface area contributed by atoms with Gasteiger partial charge in [-0.2, -0.15) is 10.2 Å². The van der Waals surface area contributed by atoms with E-state index < -0.39 is 7.26 Å². The van der Waals surface area contributed by atoms with Crippen LogP contribution in [0, 0.1) is 0 Å². The molecule has 0 unspecified atom stereocenters. The Bertz CT molecular complexity index is 1770. The van der Waals surface area contributed by atoms with Gasteiger partial charge in [0.25, 0.3) is 0 Å². The summed E-state index contributed by atoms with van der Waals surface area (Å²) in [5.74, 6) is 0.714. The maximum Gasteiger partial charge on any atom is 2.00 e. The Morgan fingerprint density at radius 2 is 0.959 bits per heavy atom. The van der Waals surface area contributed by atoms with Gasteiger partial charge in [-0.15, -0.1) is 10.2 Å². The predicted molar refractivity (Wildman–Crippen MR) is 204 cm³/mol. The van der Waals surface area contributed by atoms with E-state index in [9.17, 15) is 0 Å². The van der Waals surface area contributed by atoms with E-state index in [2.05, 4.69) is 98.7 Å². The van der Waals surface area contributed by atoms with Crippen molar-refractivity contribution in [3.8, 4) is 5.75 Å². The molecule has 253 valence electrons. The number of amidine groups is 2. The molecule has 0 heterocycles. The summed E-state index contributed by atoms with van der Waals surface area (Å²) in [5, 5.41) is 28.5. The molecule has 0 amide bonds. The SMILES string of the molecule is CNC([S-])=NN=C(C(=NN=C([S-])NC[P+](c1ccccc1)(c1ccccc1)c1ccccc1)c1ccccc1)c1ccc(OC)cc1.[Br-].[Cu+2].